The zero-order valence-electron chi connectivity index (χ0n) is 21.2. The quantitative estimate of drug-likeness (QED) is 0.216. The van der Waals surface area contributed by atoms with Crippen molar-refractivity contribution >= 4 is 11.6 Å². The molecule has 0 aliphatic rings. The highest BCUT2D eigenvalue weighted by Gasteiger charge is 2.22. The van der Waals surface area contributed by atoms with Crippen LogP contribution in [0.5, 0.6) is 11.5 Å². The Morgan fingerprint density at radius 3 is 1.78 bits per heavy atom. The lowest BCUT2D eigenvalue weighted by molar-refractivity contribution is 0.102. The van der Waals surface area contributed by atoms with Gasteiger partial charge >= 0.3 is 0 Å². The molecule has 7 heteroatoms. The van der Waals surface area contributed by atoms with Crippen molar-refractivity contribution in [2.45, 2.75) is 40.0 Å². The standard InChI is InChI=1S/C30H29N3O4/c1-4-5-6-17-37-23-15-16-24(25(34)18-23)28-31-29(26(35)21-11-7-19(2)8-12-21)33-30(32-28)27(36)22-13-9-20(3)10-14-22/h7-16,18,34H,4-6,17H2,1-3H3. The monoisotopic (exact) mass is 495 g/mol. The second kappa shape index (κ2) is 11.6. The van der Waals surface area contributed by atoms with E-state index in [4.69, 9.17) is 4.74 Å². The van der Waals surface area contributed by atoms with Crippen LogP contribution in [0.2, 0.25) is 0 Å². The van der Waals surface area contributed by atoms with Crippen LogP contribution < -0.4 is 4.74 Å². The zero-order chi connectivity index (χ0) is 26.4. The van der Waals surface area contributed by atoms with Crippen LogP contribution in [0.4, 0.5) is 0 Å². The summed E-state index contributed by atoms with van der Waals surface area (Å²) >= 11 is 0. The first kappa shape index (κ1) is 25.7. The lowest BCUT2D eigenvalue weighted by Crippen LogP contribution is -2.16. The molecule has 188 valence electrons. The molecule has 1 aromatic heterocycles. The minimum absolute atomic E-state index is 0.0240. The summed E-state index contributed by atoms with van der Waals surface area (Å²) < 4.78 is 5.72. The largest absolute Gasteiger partial charge is 0.507 e. The van der Waals surface area contributed by atoms with E-state index in [0.717, 1.165) is 30.4 Å². The van der Waals surface area contributed by atoms with Crippen molar-refractivity contribution in [1.82, 2.24) is 15.0 Å². The molecule has 0 saturated heterocycles. The van der Waals surface area contributed by atoms with Gasteiger partial charge in [0.05, 0.1) is 12.2 Å². The maximum atomic E-state index is 13.3. The Morgan fingerprint density at radius 2 is 1.30 bits per heavy atom. The van der Waals surface area contributed by atoms with Crippen LogP contribution in [0, 0.1) is 13.8 Å². The van der Waals surface area contributed by atoms with E-state index in [1.165, 1.54) is 6.07 Å². The third-order valence-corrected chi connectivity index (χ3v) is 5.90. The van der Waals surface area contributed by atoms with Crippen LogP contribution in [-0.4, -0.2) is 38.2 Å². The second-order valence-corrected chi connectivity index (χ2v) is 8.93. The van der Waals surface area contributed by atoms with E-state index >= 15 is 0 Å². The van der Waals surface area contributed by atoms with E-state index in [2.05, 4.69) is 21.9 Å². The number of hydrogen-bond acceptors (Lipinski definition) is 7. The molecule has 3 aromatic carbocycles. The van der Waals surface area contributed by atoms with Gasteiger partial charge in [-0.1, -0.05) is 79.4 Å². The van der Waals surface area contributed by atoms with Crippen molar-refractivity contribution in [3.8, 4) is 22.9 Å². The predicted octanol–water partition coefficient (Wildman–Crippen LogP) is 5.89. The first-order valence-electron chi connectivity index (χ1n) is 12.3. The smallest absolute Gasteiger partial charge is 0.230 e. The molecule has 1 N–H and O–H groups in total. The van der Waals surface area contributed by atoms with Gasteiger partial charge in [-0.05, 0) is 32.4 Å². The van der Waals surface area contributed by atoms with Gasteiger partial charge in [-0.2, -0.15) is 0 Å². The van der Waals surface area contributed by atoms with Gasteiger partial charge in [0.15, 0.2) is 5.82 Å². The topological polar surface area (TPSA) is 102 Å². The normalized spacial score (nSPS) is 10.8. The average Bonchev–Trinajstić information content (AvgIpc) is 2.91. The predicted molar refractivity (Wildman–Crippen MR) is 141 cm³/mol. The van der Waals surface area contributed by atoms with Gasteiger partial charge in [-0.15, -0.1) is 0 Å². The number of phenols is 1. The van der Waals surface area contributed by atoms with E-state index in [-0.39, 0.29) is 28.8 Å². The number of carbonyl (C=O) groups excluding carboxylic acids is 2. The SMILES string of the molecule is CCCCCOc1ccc(-c2nc(C(=O)c3ccc(C)cc3)nc(C(=O)c3ccc(C)cc3)n2)c(O)c1. The molecular formula is C30H29N3O4. The Bertz CT molecular complexity index is 1340. The molecule has 37 heavy (non-hydrogen) atoms. The Labute approximate surface area is 216 Å². The molecule has 0 atom stereocenters. The number of carbonyl (C=O) groups is 2. The van der Waals surface area contributed by atoms with E-state index in [9.17, 15) is 14.7 Å². The van der Waals surface area contributed by atoms with Gasteiger partial charge in [0.2, 0.25) is 23.2 Å². The van der Waals surface area contributed by atoms with Crippen molar-refractivity contribution < 1.29 is 19.4 Å². The molecule has 0 aliphatic carbocycles. The summed E-state index contributed by atoms with van der Waals surface area (Å²) in [5.74, 6) is -0.836. The van der Waals surface area contributed by atoms with Crippen LogP contribution >= 0.6 is 0 Å². The van der Waals surface area contributed by atoms with Crippen molar-refractivity contribution in [3.05, 3.63) is 101 Å². The number of ether oxygens (including phenoxy) is 1. The third kappa shape index (κ3) is 6.25. The summed E-state index contributed by atoms with van der Waals surface area (Å²) in [5, 5.41) is 10.8. The first-order chi connectivity index (χ1) is 17.9. The molecule has 0 fully saturated rings. The number of aromatic nitrogens is 3. The molecule has 0 saturated carbocycles. The summed E-state index contributed by atoms with van der Waals surface area (Å²) in [4.78, 5) is 39.4. The number of benzene rings is 3. The van der Waals surface area contributed by atoms with Gasteiger partial charge in [-0.3, -0.25) is 9.59 Å². The summed E-state index contributed by atoms with van der Waals surface area (Å²) in [6.45, 7) is 6.51. The van der Waals surface area contributed by atoms with Gasteiger partial charge in [0, 0.05) is 17.2 Å². The molecular weight excluding hydrogens is 466 g/mol. The van der Waals surface area contributed by atoms with Crippen molar-refractivity contribution in [1.29, 1.82) is 0 Å². The number of nitrogens with zero attached hydrogens (tertiary/aromatic N) is 3. The first-order valence-corrected chi connectivity index (χ1v) is 12.3. The van der Waals surface area contributed by atoms with E-state index in [0.29, 0.717) is 23.5 Å². The molecule has 1 heterocycles. The molecule has 0 unspecified atom stereocenters. The number of phenolic OH excluding ortho intramolecular Hbond substituents is 1. The van der Waals surface area contributed by atoms with Crippen LogP contribution in [0.3, 0.4) is 0 Å². The van der Waals surface area contributed by atoms with Crippen molar-refractivity contribution in [2.24, 2.45) is 0 Å². The molecule has 0 aliphatic heterocycles. The Hall–Kier alpha value is -4.39. The molecule has 0 amide bonds. The number of aromatic hydroxyl groups is 1. The number of rotatable bonds is 10. The van der Waals surface area contributed by atoms with E-state index in [1.54, 1.807) is 36.4 Å². The Kier molecular flexibility index (Phi) is 8.03. The maximum Gasteiger partial charge on any atom is 0.230 e. The Balaban J connectivity index is 1.74. The fraction of sp³-hybridized carbons (Fsp3) is 0.233. The number of aryl methyl sites for hydroxylation is 2. The molecule has 0 bridgehead atoms. The maximum absolute atomic E-state index is 13.3. The number of hydrogen-bond donors (Lipinski definition) is 1. The van der Waals surface area contributed by atoms with Crippen molar-refractivity contribution in [3.63, 3.8) is 0 Å². The minimum Gasteiger partial charge on any atom is -0.507 e. The summed E-state index contributed by atoms with van der Waals surface area (Å²) in [5.41, 5.74) is 3.04. The van der Waals surface area contributed by atoms with Gasteiger partial charge in [0.25, 0.3) is 0 Å². The fourth-order valence-electron chi connectivity index (χ4n) is 3.70. The van der Waals surface area contributed by atoms with Crippen molar-refractivity contribution in [2.75, 3.05) is 6.61 Å². The highest BCUT2D eigenvalue weighted by molar-refractivity contribution is 6.09. The average molecular weight is 496 g/mol. The van der Waals surface area contributed by atoms with Crippen LogP contribution in [0.1, 0.15) is 69.7 Å². The van der Waals surface area contributed by atoms with E-state index in [1.807, 2.05) is 38.1 Å². The fourth-order valence-corrected chi connectivity index (χ4v) is 3.70. The highest BCUT2D eigenvalue weighted by atomic mass is 16.5. The molecule has 0 radical (unpaired) electrons. The second-order valence-electron chi connectivity index (χ2n) is 8.93. The zero-order valence-corrected chi connectivity index (χ0v) is 21.2. The number of unbranched alkanes of at least 4 members (excludes halogenated alkanes) is 2. The molecule has 4 aromatic rings. The summed E-state index contributed by atoms with van der Waals surface area (Å²) in [6, 6.07) is 18.8. The van der Waals surface area contributed by atoms with Gasteiger partial charge < -0.3 is 9.84 Å². The summed E-state index contributed by atoms with van der Waals surface area (Å²) in [7, 11) is 0. The van der Waals surface area contributed by atoms with Crippen LogP contribution in [0.25, 0.3) is 11.4 Å². The highest BCUT2D eigenvalue weighted by Crippen LogP contribution is 2.31. The minimum atomic E-state index is -0.447. The molecule has 7 nitrogen and oxygen atoms in total. The van der Waals surface area contributed by atoms with Gasteiger partial charge in [0.1, 0.15) is 11.5 Å². The van der Waals surface area contributed by atoms with E-state index < -0.39 is 11.6 Å². The lowest BCUT2D eigenvalue weighted by atomic mass is 10.1. The van der Waals surface area contributed by atoms with Crippen LogP contribution in [0.15, 0.2) is 66.7 Å². The number of ketones is 2. The Morgan fingerprint density at radius 1 is 0.757 bits per heavy atom. The third-order valence-electron chi connectivity index (χ3n) is 5.90. The summed E-state index contributed by atoms with van der Waals surface area (Å²) in [6.07, 6.45) is 3.06. The van der Waals surface area contributed by atoms with Crippen LogP contribution in [-0.2, 0) is 0 Å². The van der Waals surface area contributed by atoms with Gasteiger partial charge in [-0.25, -0.2) is 15.0 Å². The molecule has 0 spiro atoms. The lowest BCUT2D eigenvalue weighted by Gasteiger charge is -2.10. The molecule has 4 rings (SSSR count).